The van der Waals surface area contributed by atoms with Crippen LogP contribution in [0.4, 0.5) is 10.1 Å². The molecular formula is C20H17FN2O3S. The van der Waals surface area contributed by atoms with Gasteiger partial charge < -0.3 is 15.0 Å². The van der Waals surface area contributed by atoms with E-state index in [9.17, 15) is 14.0 Å². The highest BCUT2D eigenvalue weighted by Crippen LogP contribution is 2.46. The van der Waals surface area contributed by atoms with Crippen molar-refractivity contribution < 1.29 is 13.9 Å². The van der Waals surface area contributed by atoms with Crippen molar-refractivity contribution in [2.75, 3.05) is 12.3 Å². The van der Waals surface area contributed by atoms with E-state index in [2.05, 4.69) is 0 Å². The number of aromatic nitrogens is 1. The van der Waals surface area contributed by atoms with Gasteiger partial charge in [0.1, 0.15) is 11.4 Å². The summed E-state index contributed by atoms with van der Waals surface area (Å²) in [5, 5.41) is 0.764. The molecule has 1 aliphatic heterocycles. The fourth-order valence-electron chi connectivity index (χ4n) is 3.31. The summed E-state index contributed by atoms with van der Waals surface area (Å²) in [4.78, 5) is 25.2. The fraction of sp³-hybridized carbons (Fsp3) is 0.200. The Morgan fingerprint density at radius 3 is 2.63 bits per heavy atom. The molecule has 0 bridgehead atoms. The average Bonchev–Trinajstić information content (AvgIpc) is 2.62. The van der Waals surface area contributed by atoms with Gasteiger partial charge in [0.15, 0.2) is 0 Å². The minimum atomic E-state index is -0.671. The van der Waals surface area contributed by atoms with Crippen LogP contribution in [0.5, 0.6) is 0 Å². The molecular weight excluding hydrogens is 367 g/mol. The van der Waals surface area contributed by atoms with Crippen molar-refractivity contribution in [3.8, 4) is 11.1 Å². The number of rotatable bonds is 3. The second-order valence-corrected chi connectivity index (χ2v) is 7.59. The SMILES string of the molecule is CCOC(=O)c1c2n(c3cc(-c4ccc(N)cc4)c(F)cc3c1=O)C(C)S2. The number of nitrogens with zero attached hydrogens (tertiary/aromatic N) is 1. The highest BCUT2D eigenvalue weighted by molar-refractivity contribution is 8.00. The first-order chi connectivity index (χ1) is 12.9. The molecule has 1 aliphatic rings. The number of carbonyl (C=O) groups is 1. The number of nitrogens with two attached hydrogens (primary N) is 1. The van der Waals surface area contributed by atoms with E-state index < -0.39 is 17.2 Å². The number of nitrogen functional groups attached to an aromatic ring is 1. The highest BCUT2D eigenvalue weighted by Gasteiger charge is 2.33. The molecule has 1 aromatic heterocycles. The quantitative estimate of drug-likeness (QED) is 0.541. The molecule has 0 radical (unpaired) electrons. The third-order valence-corrected chi connectivity index (χ3v) is 5.77. The minimum absolute atomic E-state index is 0.0212. The number of esters is 1. The Labute approximate surface area is 158 Å². The number of anilines is 1. The largest absolute Gasteiger partial charge is 0.462 e. The maximum atomic E-state index is 14.8. The number of thioether (sulfide) groups is 1. The van der Waals surface area contributed by atoms with Crippen LogP contribution in [0, 0.1) is 5.82 Å². The molecule has 0 saturated carbocycles. The zero-order valence-corrected chi connectivity index (χ0v) is 15.6. The standard InChI is InChI=1S/C20H17FN2O3S/c1-3-26-20(25)17-18(24)14-8-15(21)13(11-4-6-12(22)7-5-11)9-16(14)23-10(2)27-19(17)23/h4-10H,3,22H2,1-2H3. The van der Waals surface area contributed by atoms with E-state index in [-0.39, 0.29) is 22.9 Å². The zero-order valence-electron chi connectivity index (χ0n) is 14.8. The van der Waals surface area contributed by atoms with Crippen molar-refractivity contribution in [2.45, 2.75) is 24.2 Å². The molecule has 3 aromatic rings. The molecule has 1 unspecified atom stereocenters. The van der Waals surface area contributed by atoms with Gasteiger partial charge >= 0.3 is 5.97 Å². The molecule has 2 aromatic carbocycles. The molecule has 138 valence electrons. The molecule has 0 aliphatic carbocycles. The lowest BCUT2D eigenvalue weighted by Gasteiger charge is -2.33. The van der Waals surface area contributed by atoms with Gasteiger partial charge in [0, 0.05) is 16.6 Å². The fourth-order valence-corrected chi connectivity index (χ4v) is 4.46. The summed E-state index contributed by atoms with van der Waals surface area (Å²) in [6.45, 7) is 3.81. The molecule has 2 heterocycles. The minimum Gasteiger partial charge on any atom is -0.462 e. The lowest BCUT2D eigenvalue weighted by molar-refractivity contribution is 0.0518. The van der Waals surface area contributed by atoms with Crippen molar-refractivity contribution in [3.05, 3.63) is 58.0 Å². The zero-order chi connectivity index (χ0) is 19.3. The second kappa shape index (κ2) is 6.42. The van der Waals surface area contributed by atoms with Crippen LogP contribution < -0.4 is 11.2 Å². The number of ether oxygens (including phenoxy) is 1. The van der Waals surface area contributed by atoms with Crippen LogP contribution in [0.2, 0.25) is 0 Å². The number of hydrogen-bond acceptors (Lipinski definition) is 5. The van der Waals surface area contributed by atoms with E-state index in [1.54, 1.807) is 37.3 Å². The number of carbonyl (C=O) groups excluding carboxylic acids is 1. The first kappa shape index (κ1) is 17.6. The maximum Gasteiger partial charge on any atom is 0.344 e. The summed E-state index contributed by atoms with van der Waals surface area (Å²) in [5.41, 5.74) is 7.42. The van der Waals surface area contributed by atoms with Gasteiger partial charge in [-0.3, -0.25) is 4.79 Å². The van der Waals surface area contributed by atoms with Crippen molar-refractivity contribution in [1.29, 1.82) is 0 Å². The first-order valence-electron chi connectivity index (χ1n) is 8.53. The Bertz CT molecular complexity index is 1140. The van der Waals surface area contributed by atoms with Crippen LogP contribution in [0.1, 0.15) is 29.6 Å². The Hall–Kier alpha value is -2.80. The van der Waals surface area contributed by atoms with Crippen molar-refractivity contribution in [1.82, 2.24) is 4.57 Å². The van der Waals surface area contributed by atoms with Crippen LogP contribution in [-0.4, -0.2) is 17.1 Å². The van der Waals surface area contributed by atoms with Gasteiger partial charge in [-0.1, -0.05) is 23.9 Å². The Kier molecular flexibility index (Phi) is 4.19. The Morgan fingerprint density at radius 2 is 2.00 bits per heavy atom. The van der Waals surface area contributed by atoms with Gasteiger partial charge in [0.05, 0.1) is 22.5 Å². The van der Waals surface area contributed by atoms with Gasteiger partial charge in [-0.15, -0.1) is 0 Å². The Balaban J connectivity index is 2.00. The molecule has 0 amide bonds. The summed E-state index contributed by atoms with van der Waals surface area (Å²) < 4.78 is 21.7. The number of halogens is 1. The van der Waals surface area contributed by atoms with E-state index in [0.717, 1.165) is 0 Å². The van der Waals surface area contributed by atoms with Gasteiger partial charge in [-0.2, -0.15) is 0 Å². The summed E-state index contributed by atoms with van der Waals surface area (Å²) in [5.74, 6) is -1.20. The summed E-state index contributed by atoms with van der Waals surface area (Å²) in [7, 11) is 0. The molecule has 1 atom stereocenters. The van der Waals surface area contributed by atoms with Crippen LogP contribution >= 0.6 is 11.8 Å². The molecule has 0 fully saturated rings. The van der Waals surface area contributed by atoms with E-state index in [0.29, 0.717) is 27.4 Å². The van der Waals surface area contributed by atoms with Crippen molar-refractivity contribution >= 4 is 34.3 Å². The van der Waals surface area contributed by atoms with Crippen LogP contribution in [0.25, 0.3) is 22.0 Å². The third kappa shape index (κ3) is 2.70. The monoisotopic (exact) mass is 384 g/mol. The molecule has 0 spiro atoms. The van der Waals surface area contributed by atoms with E-state index in [1.165, 1.54) is 17.8 Å². The van der Waals surface area contributed by atoms with Crippen molar-refractivity contribution in [2.24, 2.45) is 0 Å². The molecule has 4 rings (SSSR count). The predicted octanol–water partition coefficient (Wildman–Crippen LogP) is 4.19. The summed E-state index contributed by atoms with van der Waals surface area (Å²) in [6.07, 6.45) is 0. The van der Waals surface area contributed by atoms with Gasteiger partial charge in [-0.05, 0) is 43.7 Å². The lowest BCUT2D eigenvalue weighted by Crippen LogP contribution is -2.29. The predicted molar refractivity (Wildman–Crippen MR) is 105 cm³/mol. The normalized spacial score (nSPS) is 15.3. The summed E-state index contributed by atoms with van der Waals surface area (Å²) in [6, 6.07) is 9.73. The van der Waals surface area contributed by atoms with Crippen LogP contribution in [-0.2, 0) is 4.74 Å². The molecule has 27 heavy (non-hydrogen) atoms. The molecule has 5 nitrogen and oxygen atoms in total. The number of hydrogen-bond donors (Lipinski definition) is 1. The Morgan fingerprint density at radius 1 is 1.30 bits per heavy atom. The van der Waals surface area contributed by atoms with Crippen LogP contribution in [0.3, 0.4) is 0 Å². The molecule has 7 heteroatoms. The number of pyridine rings is 1. The van der Waals surface area contributed by atoms with Crippen LogP contribution in [0.15, 0.2) is 46.2 Å². The van der Waals surface area contributed by atoms with Gasteiger partial charge in [0.2, 0.25) is 5.43 Å². The number of fused-ring (bicyclic) bond motifs is 3. The molecule has 0 saturated heterocycles. The van der Waals surface area contributed by atoms with Gasteiger partial charge in [-0.25, -0.2) is 9.18 Å². The topological polar surface area (TPSA) is 74.3 Å². The maximum absolute atomic E-state index is 14.8. The summed E-state index contributed by atoms with van der Waals surface area (Å²) >= 11 is 1.42. The third-order valence-electron chi connectivity index (χ3n) is 4.60. The number of benzene rings is 2. The van der Waals surface area contributed by atoms with E-state index in [4.69, 9.17) is 10.5 Å². The highest BCUT2D eigenvalue weighted by atomic mass is 32.2. The van der Waals surface area contributed by atoms with Gasteiger partial charge in [0.25, 0.3) is 0 Å². The molecule has 2 N–H and O–H groups in total. The van der Waals surface area contributed by atoms with E-state index in [1.807, 2.05) is 11.5 Å². The van der Waals surface area contributed by atoms with E-state index >= 15 is 0 Å². The second-order valence-electron chi connectivity index (χ2n) is 6.29. The smallest absolute Gasteiger partial charge is 0.344 e. The van der Waals surface area contributed by atoms with Crippen molar-refractivity contribution in [3.63, 3.8) is 0 Å². The lowest BCUT2D eigenvalue weighted by atomic mass is 10.0. The average molecular weight is 384 g/mol. The first-order valence-corrected chi connectivity index (χ1v) is 9.41.